The molecule has 0 aromatic carbocycles. The fourth-order valence-corrected chi connectivity index (χ4v) is 2.51. The summed E-state index contributed by atoms with van der Waals surface area (Å²) in [5, 5.41) is 0. The van der Waals surface area contributed by atoms with E-state index in [1.54, 1.807) is 6.07 Å². The molecule has 1 amide bonds. The normalized spacial score (nSPS) is 17.8. The molecule has 19 heavy (non-hydrogen) atoms. The molecule has 106 valence electrons. The van der Waals surface area contributed by atoms with Gasteiger partial charge in [0, 0.05) is 31.9 Å². The largest absolute Gasteiger partial charge is 0.397 e. The van der Waals surface area contributed by atoms with Crippen LogP contribution in [0.5, 0.6) is 0 Å². The van der Waals surface area contributed by atoms with Gasteiger partial charge >= 0.3 is 0 Å². The number of hydrogen-bond acceptors (Lipinski definition) is 3. The van der Waals surface area contributed by atoms with Crippen LogP contribution in [0.2, 0.25) is 0 Å². The van der Waals surface area contributed by atoms with Crippen LogP contribution in [0.1, 0.15) is 36.8 Å². The maximum atomic E-state index is 12.6. The van der Waals surface area contributed by atoms with Crippen molar-refractivity contribution in [3.05, 3.63) is 18.0 Å². The number of carbonyl (C=O) groups excluding carboxylic acids is 1. The molecule has 2 N–H and O–H groups in total. The second kappa shape index (κ2) is 5.65. The molecule has 0 unspecified atom stereocenters. The fourth-order valence-electron chi connectivity index (χ4n) is 2.51. The Hall–Kier alpha value is -1.49. The Kier molecular flexibility index (Phi) is 4.14. The maximum absolute atomic E-state index is 12.6. The zero-order valence-electron chi connectivity index (χ0n) is 12.1. The summed E-state index contributed by atoms with van der Waals surface area (Å²) >= 11 is 0. The summed E-state index contributed by atoms with van der Waals surface area (Å²) in [6.07, 6.45) is 2.88. The Bertz CT molecular complexity index is 452. The van der Waals surface area contributed by atoms with E-state index in [0.29, 0.717) is 11.4 Å². The third-order valence-corrected chi connectivity index (χ3v) is 3.65. The molecular weight excluding hydrogens is 240 g/mol. The Morgan fingerprint density at radius 3 is 2.68 bits per heavy atom. The summed E-state index contributed by atoms with van der Waals surface area (Å²) < 4.78 is 1.96. The molecule has 1 aromatic heterocycles. The number of nitrogen functional groups attached to an aromatic ring is 1. The third-order valence-electron chi connectivity index (χ3n) is 3.65. The van der Waals surface area contributed by atoms with E-state index in [9.17, 15) is 4.79 Å². The number of nitrogens with two attached hydrogens (primary N) is 1. The highest BCUT2D eigenvalue weighted by molar-refractivity contribution is 5.94. The summed E-state index contributed by atoms with van der Waals surface area (Å²) in [5.41, 5.74) is 7.20. The zero-order valence-corrected chi connectivity index (χ0v) is 12.1. The highest BCUT2D eigenvalue weighted by Crippen LogP contribution is 2.19. The molecule has 0 spiro atoms. The first-order valence-electron chi connectivity index (χ1n) is 6.94. The highest BCUT2D eigenvalue weighted by Gasteiger charge is 2.22. The van der Waals surface area contributed by atoms with Crippen LogP contribution in [0.4, 0.5) is 5.69 Å². The average molecular weight is 264 g/mol. The lowest BCUT2D eigenvalue weighted by atomic mass is 10.3. The van der Waals surface area contributed by atoms with Crippen molar-refractivity contribution in [3.8, 4) is 0 Å². The Labute approximate surface area is 115 Å². The molecular formula is C14H24N4O. The molecule has 1 fully saturated rings. The van der Waals surface area contributed by atoms with Crippen molar-refractivity contribution in [3.63, 3.8) is 0 Å². The van der Waals surface area contributed by atoms with Crippen molar-refractivity contribution in [2.24, 2.45) is 0 Å². The van der Waals surface area contributed by atoms with Gasteiger partial charge in [-0.1, -0.05) is 0 Å². The summed E-state index contributed by atoms with van der Waals surface area (Å²) in [5.74, 6) is 0.0979. The Morgan fingerprint density at radius 2 is 2.00 bits per heavy atom. The van der Waals surface area contributed by atoms with E-state index in [1.165, 1.54) is 0 Å². The van der Waals surface area contributed by atoms with Crippen molar-refractivity contribution >= 4 is 11.6 Å². The van der Waals surface area contributed by atoms with Crippen molar-refractivity contribution < 1.29 is 4.79 Å². The molecule has 2 heterocycles. The van der Waals surface area contributed by atoms with E-state index in [4.69, 9.17) is 5.73 Å². The molecule has 0 aliphatic carbocycles. The standard InChI is InChI=1S/C14H24N4O/c1-11(2)18-10-12(15)9-13(18)14(19)17-6-4-5-16(3)7-8-17/h9-11H,4-8,15H2,1-3H3. The van der Waals surface area contributed by atoms with Gasteiger partial charge in [-0.3, -0.25) is 4.79 Å². The number of likely N-dealkylation sites (N-methyl/N-ethyl adjacent to an activating group) is 1. The minimum Gasteiger partial charge on any atom is -0.397 e. The number of anilines is 1. The average Bonchev–Trinajstić information content (AvgIpc) is 2.61. The number of amides is 1. The lowest BCUT2D eigenvalue weighted by Crippen LogP contribution is -2.35. The van der Waals surface area contributed by atoms with Gasteiger partial charge in [-0.15, -0.1) is 0 Å². The van der Waals surface area contributed by atoms with Crippen LogP contribution in [0.3, 0.4) is 0 Å². The summed E-state index contributed by atoms with van der Waals surface area (Å²) in [7, 11) is 2.10. The van der Waals surface area contributed by atoms with E-state index in [2.05, 4.69) is 25.8 Å². The lowest BCUT2D eigenvalue weighted by molar-refractivity contribution is 0.0750. The molecule has 1 aliphatic rings. The van der Waals surface area contributed by atoms with Crippen molar-refractivity contribution in [1.29, 1.82) is 0 Å². The predicted molar refractivity (Wildman–Crippen MR) is 77.2 cm³/mol. The van der Waals surface area contributed by atoms with Crippen LogP contribution in [-0.2, 0) is 0 Å². The van der Waals surface area contributed by atoms with Gasteiger partial charge in [0.1, 0.15) is 5.69 Å². The van der Waals surface area contributed by atoms with E-state index in [1.807, 2.05) is 15.7 Å². The SMILES string of the molecule is CC(C)n1cc(N)cc1C(=O)N1CCCN(C)CC1. The van der Waals surface area contributed by atoms with Gasteiger partial charge in [-0.05, 0) is 39.9 Å². The first kappa shape index (κ1) is 13.9. The summed E-state index contributed by atoms with van der Waals surface area (Å²) in [4.78, 5) is 16.8. The molecule has 0 radical (unpaired) electrons. The first-order chi connectivity index (χ1) is 8.99. The minimum atomic E-state index is 0.0979. The molecule has 5 heteroatoms. The van der Waals surface area contributed by atoms with Crippen LogP contribution in [-0.4, -0.2) is 53.5 Å². The van der Waals surface area contributed by atoms with Crippen LogP contribution in [0.15, 0.2) is 12.3 Å². The van der Waals surface area contributed by atoms with Crippen LogP contribution in [0.25, 0.3) is 0 Å². The summed E-state index contributed by atoms with van der Waals surface area (Å²) in [6.45, 7) is 7.73. The monoisotopic (exact) mass is 264 g/mol. The van der Waals surface area contributed by atoms with Gasteiger partial charge in [0.15, 0.2) is 0 Å². The van der Waals surface area contributed by atoms with Gasteiger partial charge in [0.2, 0.25) is 0 Å². The van der Waals surface area contributed by atoms with Gasteiger partial charge in [-0.2, -0.15) is 0 Å². The maximum Gasteiger partial charge on any atom is 0.270 e. The van der Waals surface area contributed by atoms with Crippen LogP contribution in [0, 0.1) is 0 Å². The molecule has 5 nitrogen and oxygen atoms in total. The van der Waals surface area contributed by atoms with Gasteiger partial charge in [0.25, 0.3) is 5.91 Å². The number of hydrogen-bond donors (Lipinski definition) is 1. The van der Waals surface area contributed by atoms with Gasteiger partial charge in [0.05, 0.1) is 5.69 Å². The third kappa shape index (κ3) is 3.10. The number of carbonyl (C=O) groups is 1. The van der Waals surface area contributed by atoms with Gasteiger partial charge < -0.3 is 20.1 Å². The molecule has 0 atom stereocenters. The topological polar surface area (TPSA) is 54.5 Å². The van der Waals surface area contributed by atoms with Crippen LogP contribution < -0.4 is 5.73 Å². The Balaban J connectivity index is 2.19. The number of aromatic nitrogens is 1. The molecule has 2 rings (SSSR count). The molecule has 0 saturated carbocycles. The summed E-state index contributed by atoms with van der Waals surface area (Å²) in [6, 6.07) is 2.03. The van der Waals surface area contributed by atoms with E-state index in [-0.39, 0.29) is 11.9 Å². The van der Waals surface area contributed by atoms with E-state index < -0.39 is 0 Å². The van der Waals surface area contributed by atoms with Crippen molar-refractivity contribution in [1.82, 2.24) is 14.4 Å². The minimum absolute atomic E-state index is 0.0979. The fraction of sp³-hybridized carbons (Fsp3) is 0.643. The van der Waals surface area contributed by atoms with E-state index in [0.717, 1.165) is 32.6 Å². The van der Waals surface area contributed by atoms with Crippen molar-refractivity contribution in [2.75, 3.05) is 39.0 Å². The zero-order chi connectivity index (χ0) is 14.0. The number of nitrogens with zero attached hydrogens (tertiary/aromatic N) is 3. The molecule has 1 aromatic rings. The second-order valence-electron chi connectivity index (χ2n) is 5.61. The Morgan fingerprint density at radius 1 is 1.26 bits per heavy atom. The smallest absolute Gasteiger partial charge is 0.270 e. The van der Waals surface area contributed by atoms with Gasteiger partial charge in [-0.25, -0.2) is 0 Å². The predicted octanol–water partition coefficient (Wildman–Crippen LogP) is 1.43. The van der Waals surface area contributed by atoms with E-state index >= 15 is 0 Å². The highest BCUT2D eigenvalue weighted by atomic mass is 16.2. The second-order valence-corrected chi connectivity index (χ2v) is 5.61. The lowest BCUT2D eigenvalue weighted by Gasteiger charge is -2.22. The number of rotatable bonds is 2. The quantitative estimate of drug-likeness (QED) is 0.879. The first-order valence-corrected chi connectivity index (χ1v) is 6.94. The van der Waals surface area contributed by atoms with Crippen LogP contribution >= 0.6 is 0 Å². The molecule has 0 bridgehead atoms. The molecule has 1 aliphatic heterocycles. The van der Waals surface area contributed by atoms with Crippen molar-refractivity contribution in [2.45, 2.75) is 26.3 Å². The molecule has 1 saturated heterocycles.